The highest BCUT2D eigenvalue weighted by Gasteiger charge is 2.15. The fraction of sp³-hybridized carbons (Fsp3) is 0.0690. The normalized spacial score (nSPS) is 11.3. The third kappa shape index (κ3) is 6.68. The zero-order valence-electron chi connectivity index (χ0n) is 20.6. The van der Waals surface area contributed by atoms with Crippen LogP contribution in [0.4, 0.5) is 0 Å². The van der Waals surface area contributed by atoms with Crippen LogP contribution in [0.15, 0.2) is 100 Å². The number of carbonyl (C=O) groups is 2. The molecule has 0 saturated heterocycles. The summed E-state index contributed by atoms with van der Waals surface area (Å²) in [5.41, 5.74) is 4.25. The lowest BCUT2D eigenvalue weighted by Gasteiger charge is -2.11. The molecule has 9 heteroatoms. The van der Waals surface area contributed by atoms with Crippen LogP contribution in [-0.2, 0) is 4.79 Å². The Morgan fingerprint density at radius 2 is 1.63 bits per heavy atom. The van der Waals surface area contributed by atoms with E-state index in [4.69, 9.17) is 25.5 Å². The second kappa shape index (κ2) is 12.4. The molecule has 0 aliphatic rings. The lowest BCUT2D eigenvalue weighted by atomic mass is 10.1. The molecule has 38 heavy (non-hydrogen) atoms. The molecule has 4 aromatic rings. The molecule has 0 bridgehead atoms. The molecule has 3 aromatic carbocycles. The SMILES string of the molecule is COc1ccc(/C=C(/NC(=O)c2ccccc2)C(=O)N/N=C\c2ccc(-c3ccc(Cl)cc3)o2)cc1OC. The lowest BCUT2D eigenvalue weighted by molar-refractivity contribution is -0.117. The van der Waals surface area contributed by atoms with E-state index in [0.717, 1.165) is 5.56 Å². The smallest absolute Gasteiger partial charge is 0.287 e. The van der Waals surface area contributed by atoms with Gasteiger partial charge in [-0.15, -0.1) is 0 Å². The summed E-state index contributed by atoms with van der Waals surface area (Å²) >= 11 is 5.94. The van der Waals surface area contributed by atoms with Crippen molar-refractivity contribution in [3.63, 3.8) is 0 Å². The third-order valence-corrected chi connectivity index (χ3v) is 5.61. The van der Waals surface area contributed by atoms with Crippen molar-refractivity contribution in [1.29, 1.82) is 0 Å². The largest absolute Gasteiger partial charge is 0.493 e. The summed E-state index contributed by atoms with van der Waals surface area (Å²) in [6.07, 6.45) is 2.88. The Balaban J connectivity index is 1.53. The Morgan fingerprint density at radius 3 is 2.34 bits per heavy atom. The number of rotatable bonds is 9. The van der Waals surface area contributed by atoms with Crippen molar-refractivity contribution in [2.75, 3.05) is 14.2 Å². The van der Waals surface area contributed by atoms with E-state index >= 15 is 0 Å². The summed E-state index contributed by atoms with van der Waals surface area (Å²) in [7, 11) is 3.04. The van der Waals surface area contributed by atoms with Crippen molar-refractivity contribution in [3.8, 4) is 22.8 Å². The van der Waals surface area contributed by atoms with E-state index in [0.29, 0.717) is 39.2 Å². The monoisotopic (exact) mass is 529 g/mol. The number of methoxy groups -OCH3 is 2. The third-order valence-electron chi connectivity index (χ3n) is 5.36. The molecule has 2 N–H and O–H groups in total. The van der Waals surface area contributed by atoms with E-state index in [9.17, 15) is 9.59 Å². The Morgan fingerprint density at radius 1 is 0.895 bits per heavy atom. The Bertz CT molecular complexity index is 1480. The molecule has 0 saturated carbocycles. The fourth-order valence-corrected chi connectivity index (χ4v) is 3.58. The summed E-state index contributed by atoms with van der Waals surface area (Å²) < 4.78 is 16.4. The van der Waals surface area contributed by atoms with Gasteiger partial charge in [0.2, 0.25) is 0 Å². The molecule has 192 valence electrons. The average molecular weight is 530 g/mol. The maximum atomic E-state index is 13.0. The molecule has 8 nitrogen and oxygen atoms in total. The van der Waals surface area contributed by atoms with Gasteiger partial charge in [-0.2, -0.15) is 5.10 Å². The van der Waals surface area contributed by atoms with Crippen LogP contribution in [0, 0.1) is 0 Å². The molecule has 0 aliphatic carbocycles. The average Bonchev–Trinajstić information content (AvgIpc) is 3.42. The summed E-state index contributed by atoms with van der Waals surface area (Å²) in [5.74, 6) is 0.972. The number of nitrogens with one attached hydrogen (secondary N) is 2. The van der Waals surface area contributed by atoms with E-state index in [2.05, 4.69) is 15.8 Å². The van der Waals surface area contributed by atoms with E-state index in [-0.39, 0.29) is 5.70 Å². The predicted octanol–water partition coefficient (Wildman–Crippen LogP) is 5.54. The minimum absolute atomic E-state index is 0.0236. The van der Waals surface area contributed by atoms with Crippen LogP contribution in [0.2, 0.25) is 5.02 Å². The molecule has 0 unspecified atom stereocenters. The van der Waals surface area contributed by atoms with Crippen LogP contribution in [0.1, 0.15) is 21.7 Å². The first-order valence-corrected chi connectivity index (χ1v) is 11.8. The Labute approximate surface area is 224 Å². The van der Waals surface area contributed by atoms with Crippen LogP contribution in [0.3, 0.4) is 0 Å². The highest BCUT2D eigenvalue weighted by atomic mass is 35.5. The number of amides is 2. The highest BCUT2D eigenvalue weighted by Crippen LogP contribution is 2.28. The predicted molar refractivity (Wildman–Crippen MR) is 146 cm³/mol. The van der Waals surface area contributed by atoms with Crippen molar-refractivity contribution < 1.29 is 23.5 Å². The number of furan rings is 1. The standard InChI is InChI=1S/C29H24ClN3O5/c1-36-26-14-8-19(17-27(26)37-2)16-24(32-28(34)21-6-4-3-5-7-21)29(35)33-31-18-23-13-15-25(38-23)20-9-11-22(30)12-10-20/h3-18H,1-2H3,(H,32,34)(H,33,35)/b24-16+,31-18-. The molecule has 0 fully saturated rings. The van der Waals surface area contributed by atoms with Crippen LogP contribution >= 0.6 is 11.6 Å². The van der Waals surface area contributed by atoms with Gasteiger partial charge in [-0.05, 0) is 72.3 Å². The van der Waals surface area contributed by atoms with Gasteiger partial charge in [0.15, 0.2) is 11.5 Å². The number of halogens is 1. The first kappa shape index (κ1) is 26.2. The number of nitrogens with zero attached hydrogens (tertiary/aromatic N) is 1. The van der Waals surface area contributed by atoms with Gasteiger partial charge in [-0.3, -0.25) is 9.59 Å². The van der Waals surface area contributed by atoms with E-state index in [1.165, 1.54) is 26.5 Å². The van der Waals surface area contributed by atoms with E-state index < -0.39 is 11.8 Å². The summed E-state index contributed by atoms with van der Waals surface area (Å²) in [5, 5.41) is 7.27. The lowest BCUT2D eigenvalue weighted by Crippen LogP contribution is -2.32. The quantitative estimate of drug-likeness (QED) is 0.168. The van der Waals surface area contributed by atoms with Crippen molar-refractivity contribution >= 4 is 35.7 Å². The highest BCUT2D eigenvalue weighted by molar-refractivity contribution is 6.30. The molecule has 0 spiro atoms. The Kier molecular flexibility index (Phi) is 8.58. The van der Waals surface area contributed by atoms with Crippen molar-refractivity contribution in [2.45, 2.75) is 0 Å². The summed E-state index contributed by atoms with van der Waals surface area (Å²) in [6, 6.07) is 24.4. The van der Waals surface area contributed by atoms with Crippen molar-refractivity contribution in [1.82, 2.24) is 10.7 Å². The molecule has 2 amide bonds. The topological polar surface area (TPSA) is 102 Å². The fourth-order valence-electron chi connectivity index (χ4n) is 3.46. The van der Waals surface area contributed by atoms with Gasteiger partial charge in [0.1, 0.15) is 17.2 Å². The molecule has 4 rings (SSSR count). The zero-order valence-corrected chi connectivity index (χ0v) is 21.4. The number of hydrogen-bond donors (Lipinski definition) is 2. The molecule has 1 heterocycles. The van der Waals surface area contributed by atoms with E-state index in [1.54, 1.807) is 72.8 Å². The van der Waals surface area contributed by atoms with E-state index in [1.807, 2.05) is 12.1 Å². The van der Waals surface area contributed by atoms with Gasteiger partial charge >= 0.3 is 0 Å². The molecular weight excluding hydrogens is 506 g/mol. The van der Waals surface area contributed by atoms with Crippen molar-refractivity contribution in [2.24, 2.45) is 5.10 Å². The summed E-state index contributed by atoms with van der Waals surface area (Å²) in [4.78, 5) is 25.8. The minimum atomic E-state index is -0.634. The zero-order chi connectivity index (χ0) is 26.9. The summed E-state index contributed by atoms with van der Waals surface area (Å²) in [6.45, 7) is 0. The molecule has 1 aromatic heterocycles. The van der Waals surface area contributed by atoms with Gasteiger partial charge in [0.25, 0.3) is 11.8 Å². The first-order chi connectivity index (χ1) is 18.5. The Hall–Kier alpha value is -4.82. The van der Waals surface area contributed by atoms with Crippen LogP contribution in [-0.4, -0.2) is 32.2 Å². The number of ether oxygens (including phenoxy) is 2. The van der Waals surface area contributed by atoms with Crippen molar-refractivity contribution in [3.05, 3.63) is 113 Å². The number of benzene rings is 3. The minimum Gasteiger partial charge on any atom is -0.493 e. The van der Waals surface area contributed by atoms with Crippen LogP contribution < -0.4 is 20.2 Å². The van der Waals surface area contributed by atoms with Gasteiger partial charge in [-0.1, -0.05) is 35.9 Å². The van der Waals surface area contributed by atoms with Gasteiger partial charge < -0.3 is 19.2 Å². The van der Waals surface area contributed by atoms with Gasteiger partial charge in [-0.25, -0.2) is 5.43 Å². The van der Waals surface area contributed by atoms with Gasteiger partial charge in [0, 0.05) is 16.1 Å². The maximum absolute atomic E-state index is 13.0. The number of hydrogen-bond acceptors (Lipinski definition) is 6. The molecule has 0 radical (unpaired) electrons. The van der Waals surface area contributed by atoms with Crippen LogP contribution in [0.25, 0.3) is 17.4 Å². The number of carbonyl (C=O) groups excluding carboxylic acids is 2. The molecule has 0 atom stereocenters. The maximum Gasteiger partial charge on any atom is 0.287 e. The van der Waals surface area contributed by atoms with Gasteiger partial charge in [0.05, 0.1) is 20.4 Å². The molecule has 0 aliphatic heterocycles. The second-order valence-corrected chi connectivity index (χ2v) is 8.34. The molecular formula is C29H24ClN3O5. The second-order valence-electron chi connectivity index (χ2n) is 7.90. The first-order valence-electron chi connectivity index (χ1n) is 11.5. The van der Waals surface area contributed by atoms with Crippen LogP contribution in [0.5, 0.6) is 11.5 Å². The number of hydrazone groups is 1.